The van der Waals surface area contributed by atoms with E-state index in [4.69, 9.17) is 0 Å². The first-order chi connectivity index (χ1) is 14.3. The standard InChI is InChI=1S/C17H22FN7O4S/c1-19-30(2,28)6-5-20-14(26)9-21-16-15(24-29-25-16)17(23-27)22-13-7-10-3-4-11(18)8-12(10)13/h3-4,8,13,27H,5-7,9H2,1-2H3,(H,20,26)(H,21,25)(H,22,23)/t13-,30?/m0/s1. The van der Waals surface area contributed by atoms with Gasteiger partial charge in [0.05, 0.1) is 12.6 Å². The first-order valence-electron chi connectivity index (χ1n) is 9.00. The van der Waals surface area contributed by atoms with E-state index in [1.807, 2.05) is 5.48 Å². The zero-order chi connectivity index (χ0) is 21.7. The first kappa shape index (κ1) is 21.6. The lowest BCUT2D eigenvalue weighted by atomic mass is 9.83. The molecule has 13 heteroatoms. The number of nitrogens with one attached hydrogen (secondary N) is 3. The molecular weight excluding hydrogens is 417 g/mol. The molecule has 0 aliphatic heterocycles. The van der Waals surface area contributed by atoms with Crippen molar-refractivity contribution in [1.29, 1.82) is 0 Å². The highest BCUT2D eigenvalue weighted by Crippen LogP contribution is 2.36. The number of anilines is 1. The van der Waals surface area contributed by atoms with Gasteiger partial charge in [0.25, 0.3) is 0 Å². The van der Waals surface area contributed by atoms with Crippen LogP contribution in [0.2, 0.25) is 0 Å². The van der Waals surface area contributed by atoms with Gasteiger partial charge in [0.15, 0.2) is 11.5 Å². The summed E-state index contributed by atoms with van der Waals surface area (Å²) in [6.07, 6.45) is 2.10. The van der Waals surface area contributed by atoms with Crippen LogP contribution in [0.5, 0.6) is 0 Å². The van der Waals surface area contributed by atoms with Gasteiger partial charge in [-0.3, -0.25) is 20.5 Å². The Bertz CT molecular complexity index is 1080. The van der Waals surface area contributed by atoms with Gasteiger partial charge in [0, 0.05) is 35.3 Å². The molecule has 0 fully saturated rings. The molecule has 1 unspecified atom stereocenters. The van der Waals surface area contributed by atoms with E-state index in [0.717, 1.165) is 11.1 Å². The number of hydrogen-bond donors (Lipinski definition) is 4. The van der Waals surface area contributed by atoms with Gasteiger partial charge in [-0.15, -0.1) is 0 Å². The smallest absolute Gasteiger partial charge is 0.239 e. The average molecular weight is 439 g/mol. The number of benzene rings is 1. The third-order valence-electron chi connectivity index (χ3n) is 4.59. The summed E-state index contributed by atoms with van der Waals surface area (Å²) in [5.41, 5.74) is 3.71. The monoisotopic (exact) mass is 439 g/mol. The fraction of sp³-hybridized carbons (Fsp3) is 0.412. The first-order valence-corrected chi connectivity index (χ1v) is 11.1. The molecule has 1 amide bonds. The molecule has 30 heavy (non-hydrogen) atoms. The maximum absolute atomic E-state index is 13.4. The van der Waals surface area contributed by atoms with Crippen molar-refractivity contribution in [2.45, 2.75) is 12.5 Å². The Labute approximate surface area is 172 Å². The number of carbonyl (C=O) groups excluding carboxylic acids is 1. The number of aliphatic imine (C=N–C) groups is 1. The van der Waals surface area contributed by atoms with Gasteiger partial charge in [-0.05, 0) is 40.0 Å². The number of fused-ring (bicyclic) bond motifs is 1. The molecule has 3 rings (SSSR count). The van der Waals surface area contributed by atoms with E-state index in [1.165, 1.54) is 25.4 Å². The number of amidine groups is 1. The Morgan fingerprint density at radius 3 is 2.97 bits per heavy atom. The Kier molecular flexibility index (Phi) is 6.62. The van der Waals surface area contributed by atoms with E-state index >= 15 is 0 Å². The molecule has 1 aromatic carbocycles. The van der Waals surface area contributed by atoms with Gasteiger partial charge in [0.1, 0.15) is 5.82 Å². The highest BCUT2D eigenvalue weighted by molar-refractivity contribution is 7.92. The molecule has 1 aliphatic carbocycles. The Hall–Kier alpha value is -3.06. The lowest BCUT2D eigenvalue weighted by Crippen LogP contribution is -2.34. The molecule has 2 atom stereocenters. The summed E-state index contributed by atoms with van der Waals surface area (Å²) in [5, 5.41) is 22.2. The molecular formula is C17H22FN7O4S. The molecule has 0 spiro atoms. The van der Waals surface area contributed by atoms with Crippen molar-refractivity contribution >= 4 is 27.3 Å². The molecule has 1 aromatic heterocycles. The fourth-order valence-electron chi connectivity index (χ4n) is 2.82. The predicted octanol–water partition coefficient (Wildman–Crippen LogP) is 0.487. The molecule has 0 radical (unpaired) electrons. The third-order valence-corrected chi connectivity index (χ3v) is 6.32. The number of hydrogen-bond acceptors (Lipinski definition) is 9. The van der Waals surface area contributed by atoms with Crippen LogP contribution >= 0.6 is 0 Å². The van der Waals surface area contributed by atoms with Gasteiger partial charge in [-0.25, -0.2) is 17.6 Å². The van der Waals surface area contributed by atoms with Crippen LogP contribution in [0.1, 0.15) is 22.9 Å². The third kappa shape index (κ3) is 5.10. The second-order valence-corrected chi connectivity index (χ2v) is 9.36. The number of amides is 1. The summed E-state index contributed by atoms with van der Waals surface area (Å²) in [7, 11) is -0.830. The second-order valence-electron chi connectivity index (χ2n) is 6.66. The van der Waals surface area contributed by atoms with Gasteiger partial charge in [-0.2, -0.15) is 0 Å². The van der Waals surface area contributed by atoms with Gasteiger partial charge >= 0.3 is 0 Å². The molecule has 162 valence electrons. The topological polar surface area (TPSA) is 154 Å². The minimum absolute atomic E-state index is 0.0330. The van der Waals surface area contributed by atoms with Gasteiger partial charge in [0.2, 0.25) is 11.7 Å². The maximum Gasteiger partial charge on any atom is 0.239 e. The minimum Gasteiger partial charge on any atom is -0.356 e. The van der Waals surface area contributed by atoms with Crippen molar-refractivity contribution in [3.63, 3.8) is 0 Å². The number of halogens is 1. The molecule has 1 heterocycles. The summed E-state index contributed by atoms with van der Waals surface area (Å²) in [4.78, 5) is 16.3. The number of aromatic nitrogens is 2. The van der Waals surface area contributed by atoms with Crippen LogP contribution in [0, 0.1) is 5.82 Å². The van der Waals surface area contributed by atoms with Crippen LogP contribution in [-0.2, 0) is 20.9 Å². The lowest BCUT2D eigenvalue weighted by molar-refractivity contribution is -0.119. The molecule has 2 aromatic rings. The summed E-state index contributed by atoms with van der Waals surface area (Å²) in [6.45, 7) is 0.0469. The van der Waals surface area contributed by atoms with E-state index in [1.54, 1.807) is 6.07 Å². The predicted molar refractivity (Wildman–Crippen MR) is 107 cm³/mol. The van der Waals surface area contributed by atoms with E-state index in [9.17, 15) is 18.6 Å². The normalized spacial score (nSPS) is 17.3. The molecule has 11 nitrogen and oxygen atoms in total. The molecule has 0 saturated carbocycles. The van der Waals surface area contributed by atoms with Crippen LogP contribution in [0.3, 0.4) is 0 Å². The highest BCUT2D eigenvalue weighted by Gasteiger charge is 2.28. The second kappa shape index (κ2) is 9.17. The average Bonchev–Trinajstić information content (AvgIpc) is 3.17. The van der Waals surface area contributed by atoms with Crippen LogP contribution < -0.4 is 16.1 Å². The van der Waals surface area contributed by atoms with Crippen LogP contribution in [0.4, 0.5) is 10.2 Å². The Balaban J connectivity index is 1.61. The number of rotatable bonds is 8. The van der Waals surface area contributed by atoms with Crippen molar-refractivity contribution < 1.29 is 23.2 Å². The van der Waals surface area contributed by atoms with Crippen molar-refractivity contribution in [3.05, 3.63) is 40.8 Å². The Morgan fingerprint density at radius 2 is 2.23 bits per heavy atom. The summed E-state index contributed by atoms with van der Waals surface area (Å²) < 4.78 is 33.7. The van der Waals surface area contributed by atoms with E-state index in [0.29, 0.717) is 6.42 Å². The molecule has 0 saturated heterocycles. The zero-order valence-corrected chi connectivity index (χ0v) is 17.2. The van der Waals surface area contributed by atoms with Crippen molar-refractivity contribution in [2.75, 3.05) is 37.5 Å². The van der Waals surface area contributed by atoms with Crippen LogP contribution in [-0.4, -0.2) is 63.6 Å². The van der Waals surface area contributed by atoms with Crippen molar-refractivity contribution in [3.8, 4) is 0 Å². The number of nitrogens with zero attached hydrogens (tertiary/aromatic N) is 4. The summed E-state index contributed by atoms with van der Waals surface area (Å²) >= 11 is 0. The zero-order valence-electron chi connectivity index (χ0n) is 16.4. The summed E-state index contributed by atoms with van der Waals surface area (Å²) in [6, 6.07) is 4.12. The van der Waals surface area contributed by atoms with Crippen molar-refractivity contribution in [2.24, 2.45) is 9.36 Å². The summed E-state index contributed by atoms with van der Waals surface area (Å²) in [5.74, 6) is -0.439. The maximum atomic E-state index is 13.4. The van der Waals surface area contributed by atoms with E-state index in [-0.39, 0.29) is 54.0 Å². The SMILES string of the molecule is CN=S(C)(=O)CCNC(=O)CNc1nonc1C(=N[C@H]1Cc2ccc(F)cc21)NO. The number of carbonyl (C=O) groups is 1. The quantitative estimate of drug-likeness (QED) is 0.263. The number of hydroxylamine groups is 1. The molecule has 4 N–H and O–H groups in total. The molecule has 1 aliphatic rings. The minimum atomic E-state index is -2.30. The van der Waals surface area contributed by atoms with Crippen molar-refractivity contribution in [1.82, 2.24) is 21.1 Å². The lowest BCUT2D eigenvalue weighted by Gasteiger charge is -2.27. The molecule has 0 bridgehead atoms. The van der Waals surface area contributed by atoms with E-state index < -0.39 is 9.73 Å². The fourth-order valence-corrected chi connectivity index (χ4v) is 3.48. The van der Waals surface area contributed by atoms with Gasteiger partial charge in [-0.1, -0.05) is 6.07 Å². The largest absolute Gasteiger partial charge is 0.356 e. The Morgan fingerprint density at radius 1 is 1.43 bits per heavy atom. The van der Waals surface area contributed by atoms with E-state index in [2.05, 4.69) is 34.9 Å². The highest BCUT2D eigenvalue weighted by atomic mass is 32.2. The van der Waals surface area contributed by atoms with Gasteiger partial charge < -0.3 is 10.6 Å². The van der Waals surface area contributed by atoms with Crippen LogP contribution in [0.15, 0.2) is 32.2 Å². The van der Waals surface area contributed by atoms with Crippen LogP contribution in [0.25, 0.3) is 0 Å².